The first kappa shape index (κ1) is 13.8. The molecule has 0 aromatic rings. The van der Waals surface area contributed by atoms with Gasteiger partial charge in [0.1, 0.15) is 0 Å². The molecule has 4 nitrogen and oxygen atoms in total. The normalized spacial score (nSPS) is 17.6. The monoisotopic (exact) mass is 210 g/mol. The van der Waals surface area contributed by atoms with E-state index in [1.54, 1.807) is 0 Å². The van der Waals surface area contributed by atoms with Gasteiger partial charge in [-0.15, -0.1) is 0 Å². The van der Waals surface area contributed by atoms with E-state index in [9.17, 15) is 0 Å². The zero-order valence-corrected chi connectivity index (χ0v) is 9.79. The van der Waals surface area contributed by atoms with Crippen LogP contribution in [0.2, 0.25) is 0 Å². The second-order valence-corrected chi connectivity index (χ2v) is 3.14. The maximum absolute atomic E-state index is 5.42. The van der Waals surface area contributed by atoms with Crippen LogP contribution in [0.3, 0.4) is 0 Å². The molecule has 0 aliphatic carbocycles. The molecule has 1 aliphatic rings. The summed E-state index contributed by atoms with van der Waals surface area (Å²) < 4.78 is 0. The molecule has 1 saturated heterocycles. The van der Waals surface area contributed by atoms with Gasteiger partial charge in [0, 0.05) is 11.6 Å². The zero-order valence-electron chi connectivity index (χ0n) is 9.79. The van der Waals surface area contributed by atoms with Gasteiger partial charge < -0.3 is 11.1 Å². The van der Waals surface area contributed by atoms with E-state index >= 15 is 0 Å². The van der Waals surface area contributed by atoms with Crippen LogP contribution in [0.15, 0.2) is 22.3 Å². The van der Waals surface area contributed by atoms with Gasteiger partial charge in [0.15, 0.2) is 0 Å². The highest BCUT2D eigenvalue weighted by atomic mass is 15.0. The molecule has 0 amide bonds. The number of piperidine rings is 1. The Bertz CT molecular complexity index is 227. The van der Waals surface area contributed by atoms with Crippen LogP contribution < -0.4 is 11.1 Å². The lowest BCUT2D eigenvalue weighted by atomic mass is 9.95. The predicted molar refractivity (Wildman–Crippen MR) is 67.3 cm³/mol. The molecule has 15 heavy (non-hydrogen) atoms. The molecule has 0 unspecified atom stereocenters. The minimum Gasteiger partial charge on any atom is -0.368 e. The van der Waals surface area contributed by atoms with Crippen molar-refractivity contribution >= 4 is 12.7 Å². The molecule has 1 heterocycles. The Hall–Kier alpha value is -1.16. The van der Waals surface area contributed by atoms with Crippen LogP contribution >= 0.6 is 0 Å². The van der Waals surface area contributed by atoms with Crippen molar-refractivity contribution in [3.63, 3.8) is 0 Å². The van der Waals surface area contributed by atoms with Gasteiger partial charge in [-0.05, 0) is 32.6 Å². The van der Waals surface area contributed by atoms with Crippen LogP contribution in [0.25, 0.3) is 0 Å². The molecule has 0 aromatic carbocycles. The van der Waals surface area contributed by atoms with Crippen molar-refractivity contribution in [3.8, 4) is 0 Å². The minimum atomic E-state index is 0.212. The van der Waals surface area contributed by atoms with Crippen LogP contribution in [0.5, 0.6) is 0 Å². The van der Waals surface area contributed by atoms with E-state index in [1.807, 2.05) is 13.8 Å². The average molecular weight is 210 g/mol. The number of nitrogens with zero attached hydrogens (tertiary/aromatic N) is 2. The number of aliphatic imine (C=N–C) groups is 2. The van der Waals surface area contributed by atoms with Crippen LogP contribution in [-0.4, -0.2) is 25.8 Å². The minimum absolute atomic E-state index is 0.212. The first-order valence-corrected chi connectivity index (χ1v) is 5.44. The summed E-state index contributed by atoms with van der Waals surface area (Å²) in [5.74, 6) is 0.657. The Balaban J connectivity index is 0.000000921. The Kier molecular flexibility index (Phi) is 7.54. The molecule has 1 fully saturated rings. The standard InChI is InChI=1S/C9H16N4.C2H6/c1-7(13-9(10)11-2)8-3-5-12-6-4-8;1-2/h8,12H,1-6H2,(H2,10,13);1-2H3. The molecule has 0 saturated carbocycles. The molecule has 0 spiro atoms. The zero-order chi connectivity index (χ0) is 11.7. The lowest BCUT2D eigenvalue weighted by Crippen LogP contribution is -2.28. The molecule has 86 valence electrons. The van der Waals surface area contributed by atoms with Gasteiger partial charge in [-0.1, -0.05) is 20.4 Å². The van der Waals surface area contributed by atoms with Crippen molar-refractivity contribution in [2.45, 2.75) is 26.7 Å². The molecule has 0 atom stereocenters. The van der Waals surface area contributed by atoms with Crippen LogP contribution in [0.4, 0.5) is 0 Å². The van der Waals surface area contributed by atoms with Crippen molar-refractivity contribution in [1.29, 1.82) is 0 Å². The summed E-state index contributed by atoms with van der Waals surface area (Å²) in [5, 5.41) is 3.28. The summed E-state index contributed by atoms with van der Waals surface area (Å²) >= 11 is 0. The third kappa shape index (κ3) is 5.32. The number of nitrogens with two attached hydrogens (primary N) is 1. The smallest absolute Gasteiger partial charge is 0.219 e. The fourth-order valence-electron chi connectivity index (χ4n) is 1.43. The number of allylic oxidation sites excluding steroid dienone is 1. The molecule has 0 bridgehead atoms. The Morgan fingerprint density at radius 1 is 1.33 bits per heavy atom. The Labute approximate surface area is 92.4 Å². The van der Waals surface area contributed by atoms with Crippen molar-refractivity contribution < 1.29 is 0 Å². The SMILES string of the molecule is C=NC(N)=NC(=C)C1CCNCC1.CC. The highest BCUT2D eigenvalue weighted by molar-refractivity contribution is 5.83. The number of nitrogens with one attached hydrogen (secondary N) is 1. The van der Waals surface area contributed by atoms with E-state index in [1.165, 1.54) is 0 Å². The Morgan fingerprint density at radius 3 is 2.33 bits per heavy atom. The van der Waals surface area contributed by atoms with E-state index in [0.29, 0.717) is 5.92 Å². The first-order valence-electron chi connectivity index (χ1n) is 5.44. The van der Waals surface area contributed by atoms with Crippen LogP contribution in [0.1, 0.15) is 26.7 Å². The molecular formula is C11H22N4. The van der Waals surface area contributed by atoms with E-state index in [2.05, 4.69) is 28.6 Å². The maximum atomic E-state index is 5.42. The van der Waals surface area contributed by atoms with Gasteiger partial charge in [-0.2, -0.15) is 0 Å². The van der Waals surface area contributed by atoms with Gasteiger partial charge >= 0.3 is 0 Å². The summed E-state index contributed by atoms with van der Waals surface area (Å²) in [6.45, 7) is 13.2. The van der Waals surface area contributed by atoms with E-state index in [-0.39, 0.29) is 5.96 Å². The predicted octanol–water partition coefficient (Wildman–Crippen LogP) is 1.54. The average Bonchev–Trinajstić information content (AvgIpc) is 2.32. The molecule has 0 aromatic heterocycles. The molecular weight excluding hydrogens is 188 g/mol. The van der Waals surface area contributed by atoms with Crippen molar-refractivity contribution in [2.75, 3.05) is 13.1 Å². The summed E-state index contributed by atoms with van der Waals surface area (Å²) in [4.78, 5) is 7.59. The molecule has 0 radical (unpaired) electrons. The van der Waals surface area contributed by atoms with Gasteiger partial charge in [0.05, 0.1) is 0 Å². The second kappa shape index (κ2) is 8.17. The van der Waals surface area contributed by atoms with Gasteiger partial charge in [0.25, 0.3) is 0 Å². The number of hydrogen-bond acceptors (Lipinski definition) is 2. The van der Waals surface area contributed by atoms with E-state index in [0.717, 1.165) is 31.6 Å². The summed E-state index contributed by atoms with van der Waals surface area (Å²) in [6, 6.07) is 0. The highest BCUT2D eigenvalue weighted by Gasteiger charge is 2.15. The molecule has 1 aliphatic heterocycles. The number of hydrogen-bond donors (Lipinski definition) is 2. The highest BCUT2D eigenvalue weighted by Crippen LogP contribution is 2.20. The lowest BCUT2D eigenvalue weighted by molar-refractivity contribution is 0.418. The summed E-state index contributed by atoms with van der Waals surface area (Å²) in [5.41, 5.74) is 6.25. The largest absolute Gasteiger partial charge is 0.368 e. The van der Waals surface area contributed by atoms with Gasteiger partial charge in [-0.25, -0.2) is 9.98 Å². The van der Waals surface area contributed by atoms with Crippen LogP contribution in [-0.2, 0) is 0 Å². The molecule has 4 heteroatoms. The third-order valence-corrected chi connectivity index (χ3v) is 2.23. The third-order valence-electron chi connectivity index (χ3n) is 2.23. The van der Waals surface area contributed by atoms with Crippen molar-refractivity contribution in [2.24, 2.45) is 21.6 Å². The molecule has 3 N–H and O–H groups in total. The Morgan fingerprint density at radius 2 is 1.87 bits per heavy atom. The van der Waals surface area contributed by atoms with Gasteiger partial charge in [-0.3, -0.25) is 0 Å². The second-order valence-electron chi connectivity index (χ2n) is 3.14. The van der Waals surface area contributed by atoms with E-state index < -0.39 is 0 Å². The summed E-state index contributed by atoms with van der Waals surface area (Å²) in [7, 11) is 0. The molecule has 1 rings (SSSR count). The lowest BCUT2D eigenvalue weighted by Gasteiger charge is -2.22. The maximum Gasteiger partial charge on any atom is 0.219 e. The summed E-state index contributed by atoms with van der Waals surface area (Å²) in [6.07, 6.45) is 2.15. The van der Waals surface area contributed by atoms with Crippen LogP contribution in [0, 0.1) is 5.92 Å². The van der Waals surface area contributed by atoms with E-state index in [4.69, 9.17) is 5.73 Å². The fraction of sp³-hybridized carbons (Fsp3) is 0.636. The van der Waals surface area contributed by atoms with Crippen molar-refractivity contribution in [1.82, 2.24) is 5.32 Å². The fourth-order valence-corrected chi connectivity index (χ4v) is 1.43. The number of guanidine groups is 1. The first-order chi connectivity index (χ1) is 7.24. The quantitative estimate of drug-likeness (QED) is 0.536. The number of rotatable bonds is 2. The van der Waals surface area contributed by atoms with Crippen molar-refractivity contribution in [3.05, 3.63) is 12.3 Å². The van der Waals surface area contributed by atoms with Gasteiger partial charge in [0.2, 0.25) is 5.96 Å². The topological polar surface area (TPSA) is 62.8 Å².